The van der Waals surface area contributed by atoms with Gasteiger partial charge < -0.3 is 29.5 Å². The molecule has 2 atom stereocenters. The van der Waals surface area contributed by atoms with Crippen LogP contribution in [0.3, 0.4) is 0 Å². The number of phenolic OH excluding ortho intramolecular Hbond substituents is 1. The highest BCUT2D eigenvalue weighted by Gasteiger charge is 2.44. The van der Waals surface area contributed by atoms with Crippen LogP contribution in [0.5, 0.6) is 23.0 Å². The van der Waals surface area contributed by atoms with E-state index in [-0.39, 0.29) is 31.4 Å². The summed E-state index contributed by atoms with van der Waals surface area (Å²) in [5, 5.41) is 29.2. The quantitative estimate of drug-likeness (QED) is 0.648. The van der Waals surface area contributed by atoms with Crippen LogP contribution >= 0.6 is 0 Å². The molecule has 0 bridgehead atoms. The molecule has 2 aromatic carbocycles. The number of hydrogen-bond acceptors (Lipinski definition) is 7. The van der Waals surface area contributed by atoms with Gasteiger partial charge in [-0.3, -0.25) is 4.79 Å². The van der Waals surface area contributed by atoms with E-state index in [4.69, 9.17) is 14.2 Å². The Morgan fingerprint density at radius 1 is 1.30 bits per heavy atom. The Labute approximate surface area is 174 Å². The number of methoxy groups -OCH3 is 1. The molecular weight excluding hydrogens is 388 g/mol. The van der Waals surface area contributed by atoms with Crippen molar-refractivity contribution in [2.75, 3.05) is 20.3 Å². The van der Waals surface area contributed by atoms with Gasteiger partial charge in [-0.25, -0.2) is 0 Å². The van der Waals surface area contributed by atoms with Crippen molar-refractivity contribution in [3.8, 4) is 23.0 Å². The maximum atomic E-state index is 13.5. The lowest BCUT2D eigenvalue weighted by Crippen LogP contribution is -2.43. The van der Waals surface area contributed by atoms with Crippen molar-refractivity contribution in [3.05, 3.63) is 58.2 Å². The molecule has 7 nitrogen and oxygen atoms in total. The van der Waals surface area contributed by atoms with Gasteiger partial charge in [-0.1, -0.05) is 11.6 Å². The molecule has 158 valence electrons. The number of benzene rings is 2. The number of phenols is 1. The van der Waals surface area contributed by atoms with Crippen LogP contribution in [0.4, 0.5) is 0 Å². The number of allylic oxidation sites excluding steroid dienone is 1. The molecule has 0 aliphatic carbocycles. The summed E-state index contributed by atoms with van der Waals surface area (Å²) >= 11 is 0. The van der Waals surface area contributed by atoms with E-state index in [1.165, 1.54) is 13.2 Å². The molecule has 0 saturated carbocycles. The fourth-order valence-corrected chi connectivity index (χ4v) is 3.98. The van der Waals surface area contributed by atoms with E-state index in [0.29, 0.717) is 45.9 Å². The topological polar surface area (TPSA) is 105 Å². The molecule has 0 amide bonds. The molecule has 0 radical (unpaired) electrons. The predicted molar refractivity (Wildman–Crippen MR) is 109 cm³/mol. The first-order valence-corrected chi connectivity index (χ1v) is 9.75. The lowest BCUT2D eigenvalue weighted by atomic mass is 9.81. The summed E-state index contributed by atoms with van der Waals surface area (Å²) < 4.78 is 17.4. The zero-order chi connectivity index (χ0) is 21.4. The van der Waals surface area contributed by atoms with Crippen molar-refractivity contribution in [2.24, 2.45) is 0 Å². The zero-order valence-corrected chi connectivity index (χ0v) is 16.8. The van der Waals surface area contributed by atoms with Crippen LogP contribution in [0.25, 0.3) is 0 Å². The maximum Gasteiger partial charge on any atom is 0.178 e. The first-order chi connectivity index (χ1) is 14.5. The van der Waals surface area contributed by atoms with Gasteiger partial charge in [0.15, 0.2) is 5.78 Å². The minimum atomic E-state index is -0.574. The number of ketones is 1. The summed E-state index contributed by atoms with van der Waals surface area (Å²) in [5.41, 5.74) is 2.90. The average molecular weight is 412 g/mol. The third-order valence-electron chi connectivity index (χ3n) is 5.65. The average Bonchev–Trinajstić information content (AvgIpc) is 2.76. The van der Waals surface area contributed by atoms with Crippen molar-refractivity contribution in [1.82, 2.24) is 0 Å². The summed E-state index contributed by atoms with van der Waals surface area (Å²) in [6, 6.07) is 6.48. The Balaban J connectivity index is 1.78. The molecule has 0 unspecified atom stereocenters. The van der Waals surface area contributed by atoms with Crippen molar-refractivity contribution >= 4 is 5.78 Å². The van der Waals surface area contributed by atoms with Gasteiger partial charge >= 0.3 is 0 Å². The lowest BCUT2D eigenvalue weighted by Gasteiger charge is -2.38. The van der Waals surface area contributed by atoms with E-state index >= 15 is 0 Å². The van der Waals surface area contributed by atoms with Gasteiger partial charge in [0.25, 0.3) is 0 Å². The van der Waals surface area contributed by atoms with Gasteiger partial charge in [-0.15, -0.1) is 0 Å². The molecular formula is C23H24O7. The summed E-state index contributed by atoms with van der Waals surface area (Å²) in [6.07, 6.45) is 1.58. The number of rotatable bonds is 5. The summed E-state index contributed by atoms with van der Waals surface area (Å²) in [6.45, 7) is 1.67. The van der Waals surface area contributed by atoms with Gasteiger partial charge in [0.05, 0.1) is 31.8 Å². The molecule has 2 aromatic rings. The molecule has 0 saturated heterocycles. The summed E-state index contributed by atoms with van der Waals surface area (Å²) in [5.74, 6) is 0.712. The predicted octanol–water partition coefficient (Wildman–Crippen LogP) is 2.49. The number of fused-ring (bicyclic) bond motifs is 4. The van der Waals surface area contributed by atoms with Crippen LogP contribution in [0.1, 0.15) is 39.9 Å². The van der Waals surface area contributed by atoms with Crippen molar-refractivity contribution in [2.45, 2.75) is 32.0 Å². The highest BCUT2D eigenvalue weighted by molar-refractivity contribution is 6.05. The normalized spacial score (nSPS) is 19.9. The Kier molecular flexibility index (Phi) is 5.40. The van der Waals surface area contributed by atoms with E-state index in [1.54, 1.807) is 31.2 Å². The number of ether oxygens (including phenoxy) is 3. The van der Waals surface area contributed by atoms with E-state index in [0.717, 1.165) is 5.57 Å². The van der Waals surface area contributed by atoms with Gasteiger partial charge in [0, 0.05) is 16.7 Å². The van der Waals surface area contributed by atoms with Crippen LogP contribution in [0.15, 0.2) is 35.9 Å². The second-order valence-corrected chi connectivity index (χ2v) is 7.52. The first-order valence-electron chi connectivity index (χ1n) is 9.75. The van der Waals surface area contributed by atoms with Crippen LogP contribution in [-0.4, -0.2) is 47.5 Å². The number of aliphatic hydroxyl groups is 2. The Hall–Kier alpha value is -3.03. The molecule has 0 spiro atoms. The molecule has 30 heavy (non-hydrogen) atoms. The standard InChI is InChI=1S/C23H24O7/c1-12(9-24)3-4-14-17(26)6-5-15-22(27)21-16-8-18(28-2)13(10-25)7-19(16)29-11-20(21)30-23(14)15/h3,5-8,20-21,24-26H,4,9-11H2,1-2H3/b12-3+/t20-,21+/m1/s1. The number of carbonyl (C=O) groups excluding carboxylic acids is 1. The minimum absolute atomic E-state index is 0.0355. The Morgan fingerprint density at radius 2 is 2.10 bits per heavy atom. The minimum Gasteiger partial charge on any atom is -0.508 e. The van der Waals surface area contributed by atoms with E-state index in [9.17, 15) is 20.1 Å². The Bertz CT molecular complexity index is 1020. The molecule has 2 aliphatic rings. The molecule has 0 fully saturated rings. The monoisotopic (exact) mass is 412 g/mol. The second-order valence-electron chi connectivity index (χ2n) is 7.52. The second kappa shape index (κ2) is 8.01. The van der Waals surface area contributed by atoms with E-state index < -0.39 is 12.0 Å². The van der Waals surface area contributed by atoms with Crippen molar-refractivity contribution in [1.29, 1.82) is 0 Å². The SMILES string of the molecule is COc1cc2c(cc1CO)OC[C@H]1Oc3c(ccc(O)c3C/C=C(\C)CO)C(=O)[C@@H]21. The van der Waals surface area contributed by atoms with Gasteiger partial charge in [0.1, 0.15) is 35.7 Å². The molecule has 2 aliphatic heterocycles. The highest BCUT2D eigenvalue weighted by atomic mass is 16.5. The van der Waals surface area contributed by atoms with Crippen LogP contribution in [0, 0.1) is 0 Å². The smallest absolute Gasteiger partial charge is 0.178 e. The molecule has 2 heterocycles. The molecule has 3 N–H and O–H groups in total. The first kappa shape index (κ1) is 20.3. The van der Waals surface area contributed by atoms with Gasteiger partial charge in [-0.2, -0.15) is 0 Å². The molecule has 7 heteroatoms. The van der Waals surface area contributed by atoms with E-state index in [2.05, 4.69) is 0 Å². The fourth-order valence-electron chi connectivity index (χ4n) is 3.98. The largest absolute Gasteiger partial charge is 0.508 e. The summed E-state index contributed by atoms with van der Waals surface area (Å²) in [4.78, 5) is 13.5. The fraction of sp³-hybridized carbons (Fsp3) is 0.348. The van der Waals surface area contributed by atoms with Crippen LogP contribution in [0.2, 0.25) is 0 Å². The third kappa shape index (κ3) is 3.30. The van der Waals surface area contributed by atoms with E-state index in [1.807, 2.05) is 0 Å². The molecule has 4 rings (SSSR count). The summed E-state index contributed by atoms with van der Waals surface area (Å²) in [7, 11) is 1.51. The lowest BCUT2D eigenvalue weighted by molar-refractivity contribution is 0.0553. The van der Waals surface area contributed by atoms with Crippen LogP contribution < -0.4 is 14.2 Å². The number of aromatic hydroxyl groups is 1. The van der Waals surface area contributed by atoms with Crippen molar-refractivity contribution in [3.63, 3.8) is 0 Å². The Morgan fingerprint density at radius 3 is 2.80 bits per heavy atom. The maximum absolute atomic E-state index is 13.5. The highest BCUT2D eigenvalue weighted by Crippen LogP contribution is 2.47. The van der Waals surface area contributed by atoms with Gasteiger partial charge in [0.2, 0.25) is 0 Å². The van der Waals surface area contributed by atoms with Crippen LogP contribution in [-0.2, 0) is 13.0 Å². The number of aliphatic hydroxyl groups excluding tert-OH is 2. The third-order valence-corrected chi connectivity index (χ3v) is 5.65. The molecule has 0 aromatic heterocycles. The zero-order valence-electron chi connectivity index (χ0n) is 16.8. The number of carbonyl (C=O) groups is 1. The van der Waals surface area contributed by atoms with Crippen molar-refractivity contribution < 1.29 is 34.3 Å². The number of Topliss-reactive ketones (excluding diaryl/α,β-unsaturated/α-hetero) is 1. The van der Waals surface area contributed by atoms with Gasteiger partial charge in [-0.05, 0) is 37.6 Å². The number of hydrogen-bond donors (Lipinski definition) is 3.